The van der Waals surface area contributed by atoms with Crippen LogP contribution in [-0.4, -0.2) is 41.5 Å². The highest BCUT2D eigenvalue weighted by molar-refractivity contribution is 6.43. The molecule has 2 amide bonds. The average Bonchev–Trinajstić information content (AvgIpc) is 3.26. The highest BCUT2D eigenvalue weighted by atomic mass is 16.4. The van der Waals surface area contributed by atoms with Crippen LogP contribution in [0.4, 0.5) is 0 Å². The molecule has 2 aromatic carbocycles. The van der Waals surface area contributed by atoms with Gasteiger partial charge in [-0.1, -0.05) is 49.2 Å². The maximum atomic E-state index is 13.1. The van der Waals surface area contributed by atoms with Crippen LogP contribution < -0.4 is 16.4 Å². The van der Waals surface area contributed by atoms with Gasteiger partial charge in [-0.25, -0.2) is 0 Å². The predicted molar refractivity (Wildman–Crippen MR) is 117 cm³/mol. The monoisotopic (exact) mass is 411 g/mol. The third-order valence-electron chi connectivity index (χ3n) is 5.99. The lowest BCUT2D eigenvalue weighted by molar-refractivity contribution is -0.143. The number of nitrogens with one attached hydrogen (secondary N) is 2. The van der Waals surface area contributed by atoms with E-state index in [1.807, 2.05) is 42.5 Å². The molecule has 0 bridgehead atoms. The number of amides is 2. The Balaban J connectivity index is 1.68. The van der Waals surface area contributed by atoms with Crippen LogP contribution >= 0.6 is 0 Å². The molecule has 7 nitrogen and oxygen atoms in total. The van der Waals surface area contributed by atoms with E-state index in [-0.39, 0.29) is 5.91 Å². The van der Waals surface area contributed by atoms with Gasteiger partial charge in [-0.15, -0.1) is 0 Å². The molecule has 1 aliphatic carbocycles. The second-order valence-electron chi connectivity index (χ2n) is 8.08. The van der Waals surface area contributed by atoms with Gasteiger partial charge in [0.25, 0.3) is 0 Å². The van der Waals surface area contributed by atoms with E-state index >= 15 is 0 Å². The first-order valence-electron chi connectivity index (χ1n) is 10.6. The molecule has 0 heterocycles. The standard InChI is InChI=1S/C22H30BN3O4/c24-13-5-8-19(23(29)30)26-21(28)22(11-3-4-12-22)20(27)25-15-16-9-10-17-6-1-2-7-18(17)14-16/h1-2,6-7,9-10,14,19,29-30H,3-5,8,11-13,15,24H2,(H,25,27)(H,26,28). The number of hydrogen-bond acceptors (Lipinski definition) is 5. The van der Waals surface area contributed by atoms with Crippen molar-refractivity contribution < 1.29 is 19.6 Å². The highest BCUT2D eigenvalue weighted by Gasteiger charge is 2.48. The first kappa shape index (κ1) is 22.3. The Hall–Kier alpha value is -2.42. The first-order valence-corrected chi connectivity index (χ1v) is 10.6. The summed E-state index contributed by atoms with van der Waals surface area (Å²) in [7, 11) is -1.69. The minimum atomic E-state index is -1.69. The fraction of sp³-hybridized carbons (Fsp3) is 0.455. The quantitative estimate of drug-likeness (QED) is 0.314. The summed E-state index contributed by atoms with van der Waals surface area (Å²) in [6, 6.07) is 14.0. The van der Waals surface area contributed by atoms with E-state index in [0.717, 1.165) is 29.2 Å². The van der Waals surface area contributed by atoms with Gasteiger partial charge in [0, 0.05) is 6.54 Å². The van der Waals surface area contributed by atoms with E-state index in [1.165, 1.54) is 0 Å². The summed E-state index contributed by atoms with van der Waals surface area (Å²) < 4.78 is 0. The van der Waals surface area contributed by atoms with Crippen LogP contribution in [0.1, 0.15) is 44.1 Å². The molecule has 0 aliphatic heterocycles. The van der Waals surface area contributed by atoms with Crippen molar-refractivity contribution in [3.05, 3.63) is 48.0 Å². The predicted octanol–water partition coefficient (Wildman–Crippen LogP) is 1.25. The van der Waals surface area contributed by atoms with E-state index in [0.29, 0.717) is 38.8 Å². The van der Waals surface area contributed by atoms with Crippen LogP contribution in [0.5, 0.6) is 0 Å². The van der Waals surface area contributed by atoms with Crippen LogP contribution in [0.15, 0.2) is 42.5 Å². The van der Waals surface area contributed by atoms with Gasteiger partial charge >= 0.3 is 7.12 Å². The Bertz CT molecular complexity index is 884. The number of nitrogens with two attached hydrogens (primary N) is 1. The summed E-state index contributed by atoms with van der Waals surface area (Å²) in [4.78, 5) is 26.1. The largest absolute Gasteiger partial charge is 0.475 e. The molecule has 0 aromatic heterocycles. The van der Waals surface area contributed by atoms with Crippen LogP contribution in [0, 0.1) is 5.41 Å². The van der Waals surface area contributed by atoms with Crippen LogP contribution in [-0.2, 0) is 16.1 Å². The Morgan fingerprint density at radius 3 is 2.43 bits per heavy atom. The van der Waals surface area contributed by atoms with E-state index in [1.54, 1.807) is 0 Å². The van der Waals surface area contributed by atoms with Crippen LogP contribution in [0.2, 0.25) is 0 Å². The molecule has 8 heteroatoms. The minimum Gasteiger partial charge on any atom is -0.426 e. The average molecular weight is 411 g/mol. The molecular formula is C22H30BN3O4. The molecule has 0 saturated heterocycles. The zero-order valence-corrected chi connectivity index (χ0v) is 17.1. The normalized spacial score (nSPS) is 16.2. The smallest absolute Gasteiger partial charge is 0.426 e. The van der Waals surface area contributed by atoms with Crippen molar-refractivity contribution in [2.24, 2.45) is 11.1 Å². The number of fused-ring (bicyclic) bond motifs is 1. The maximum Gasteiger partial charge on any atom is 0.475 e. The number of carbonyl (C=O) groups is 2. The van der Waals surface area contributed by atoms with E-state index in [4.69, 9.17) is 5.73 Å². The lowest BCUT2D eigenvalue weighted by atomic mass is 9.75. The van der Waals surface area contributed by atoms with Crippen LogP contribution in [0.3, 0.4) is 0 Å². The third-order valence-corrected chi connectivity index (χ3v) is 5.99. The van der Waals surface area contributed by atoms with Gasteiger partial charge < -0.3 is 26.4 Å². The van der Waals surface area contributed by atoms with Crippen molar-refractivity contribution in [3.63, 3.8) is 0 Å². The fourth-order valence-corrected chi connectivity index (χ4v) is 4.18. The second-order valence-corrected chi connectivity index (χ2v) is 8.08. The van der Waals surface area contributed by atoms with Gasteiger partial charge in [0.2, 0.25) is 11.8 Å². The molecular weight excluding hydrogens is 381 g/mol. The summed E-state index contributed by atoms with van der Waals surface area (Å²) in [6.45, 7) is 0.717. The van der Waals surface area contributed by atoms with Crippen LogP contribution in [0.25, 0.3) is 10.8 Å². The number of rotatable bonds is 9. The topological polar surface area (TPSA) is 125 Å². The molecule has 6 N–H and O–H groups in total. The summed E-state index contributed by atoms with van der Waals surface area (Å²) in [5.41, 5.74) is 5.28. The molecule has 1 unspecified atom stereocenters. The van der Waals surface area contributed by atoms with E-state index < -0.39 is 24.4 Å². The molecule has 1 fully saturated rings. The Labute approximate surface area is 177 Å². The lowest BCUT2D eigenvalue weighted by Crippen LogP contribution is -2.55. The van der Waals surface area contributed by atoms with Crippen molar-refractivity contribution in [1.29, 1.82) is 0 Å². The van der Waals surface area contributed by atoms with Crippen molar-refractivity contribution in [3.8, 4) is 0 Å². The van der Waals surface area contributed by atoms with Gasteiger partial charge in [-0.2, -0.15) is 0 Å². The number of benzene rings is 2. The second kappa shape index (κ2) is 10.1. The molecule has 3 rings (SSSR count). The Kier molecular flexibility index (Phi) is 7.47. The third kappa shape index (κ3) is 5.01. The molecule has 1 aliphatic rings. The SMILES string of the molecule is NCCCC(NC(=O)C1(C(=O)NCc2ccc3ccccc3c2)CCCC1)B(O)O. The van der Waals surface area contributed by atoms with Crippen molar-refractivity contribution in [1.82, 2.24) is 10.6 Å². The van der Waals surface area contributed by atoms with Crippen molar-refractivity contribution in [2.75, 3.05) is 6.54 Å². The van der Waals surface area contributed by atoms with Crippen molar-refractivity contribution >= 4 is 29.7 Å². The molecule has 0 radical (unpaired) electrons. The van der Waals surface area contributed by atoms with E-state index in [2.05, 4.69) is 10.6 Å². The Morgan fingerprint density at radius 2 is 1.77 bits per heavy atom. The summed E-state index contributed by atoms with van der Waals surface area (Å²) >= 11 is 0. The molecule has 160 valence electrons. The molecule has 1 saturated carbocycles. The van der Waals surface area contributed by atoms with Gasteiger partial charge in [-0.05, 0) is 54.6 Å². The highest BCUT2D eigenvalue weighted by Crippen LogP contribution is 2.39. The van der Waals surface area contributed by atoms with Gasteiger partial charge in [0.15, 0.2) is 0 Å². The molecule has 2 aromatic rings. The summed E-state index contributed by atoms with van der Waals surface area (Å²) in [5.74, 6) is -1.59. The number of carbonyl (C=O) groups excluding carboxylic acids is 2. The molecule has 1 atom stereocenters. The number of hydrogen-bond donors (Lipinski definition) is 5. The zero-order valence-electron chi connectivity index (χ0n) is 17.1. The summed E-state index contributed by atoms with van der Waals surface area (Å²) in [5, 5.41) is 27.0. The zero-order chi connectivity index (χ0) is 21.6. The van der Waals surface area contributed by atoms with E-state index in [9.17, 15) is 19.6 Å². The summed E-state index contributed by atoms with van der Waals surface area (Å²) in [6.07, 6.45) is 3.36. The molecule has 30 heavy (non-hydrogen) atoms. The molecule has 0 spiro atoms. The van der Waals surface area contributed by atoms with Gasteiger partial charge in [-0.3, -0.25) is 9.59 Å². The lowest BCUT2D eigenvalue weighted by Gasteiger charge is -2.29. The van der Waals surface area contributed by atoms with Gasteiger partial charge in [0.1, 0.15) is 5.41 Å². The first-order chi connectivity index (χ1) is 14.5. The minimum absolute atomic E-state index is 0.310. The van der Waals surface area contributed by atoms with Gasteiger partial charge in [0.05, 0.1) is 5.94 Å². The fourth-order valence-electron chi connectivity index (χ4n) is 4.18. The van der Waals surface area contributed by atoms with Crippen molar-refractivity contribution in [2.45, 2.75) is 51.0 Å². The Morgan fingerprint density at radius 1 is 1.07 bits per heavy atom. The maximum absolute atomic E-state index is 13.1.